The molecule has 0 bridgehead atoms. The van der Waals surface area contributed by atoms with Crippen LogP contribution in [0.2, 0.25) is 0 Å². The molecule has 4 rings (SSSR count). The number of amides is 1. The first-order valence-electron chi connectivity index (χ1n) is 7.06. The van der Waals surface area contributed by atoms with Crippen molar-refractivity contribution in [3.8, 4) is 11.5 Å². The van der Waals surface area contributed by atoms with E-state index in [1.165, 1.54) is 23.3 Å². The van der Waals surface area contributed by atoms with E-state index < -0.39 is 0 Å². The number of hydrogen-bond donors (Lipinski definition) is 3. The van der Waals surface area contributed by atoms with Crippen molar-refractivity contribution in [3.63, 3.8) is 0 Å². The number of carbonyl (C=O) groups is 1. The monoisotopic (exact) mass is 281 g/mol. The summed E-state index contributed by atoms with van der Waals surface area (Å²) in [6, 6.07) is 12.9. The van der Waals surface area contributed by atoms with E-state index in [4.69, 9.17) is 0 Å². The number of carbonyl (C=O) groups excluding carboxylic acids is 1. The molecule has 0 radical (unpaired) electrons. The van der Waals surface area contributed by atoms with Crippen LogP contribution in [0.1, 0.15) is 27.4 Å². The topological polar surface area (TPSA) is 69.6 Å². The fourth-order valence-corrected chi connectivity index (χ4v) is 3.49. The van der Waals surface area contributed by atoms with Crippen LogP contribution in [-0.2, 0) is 6.42 Å². The van der Waals surface area contributed by atoms with Gasteiger partial charge in [0.05, 0.1) is 5.56 Å². The Hall–Kier alpha value is -2.49. The summed E-state index contributed by atoms with van der Waals surface area (Å²) in [6.07, 6.45) is 0.998. The van der Waals surface area contributed by atoms with Gasteiger partial charge in [0.15, 0.2) is 11.5 Å². The zero-order chi connectivity index (χ0) is 14.6. The first-order valence-corrected chi connectivity index (χ1v) is 7.06. The lowest BCUT2D eigenvalue weighted by atomic mass is 10.0. The molecule has 0 unspecified atom stereocenters. The van der Waals surface area contributed by atoms with Gasteiger partial charge >= 0.3 is 0 Å². The Morgan fingerprint density at radius 2 is 1.90 bits per heavy atom. The number of rotatable bonds is 2. The summed E-state index contributed by atoms with van der Waals surface area (Å²) in [7, 11) is 0. The molecule has 2 aliphatic carbocycles. The predicted octanol–water partition coefficient (Wildman–Crippen LogP) is 2.17. The second kappa shape index (κ2) is 4.25. The maximum Gasteiger partial charge on any atom is 0.255 e. The van der Waals surface area contributed by atoms with Crippen molar-refractivity contribution in [3.05, 3.63) is 59.2 Å². The van der Waals surface area contributed by atoms with E-state index in [2.05, 4.69) is 17.4 Å². The molecule has 0 aromatic heterocycles. The molecule has 0 spiro atoms. The number of hydrogen-bond acceptors (Lipinski definition) is 3. The van der Waals surface area contributed by atoms with Crippen molar-refractivity contribution in [1.82, 2.24) is 5.32 Å². The Morgan fingerprint density at radius 3 is 2.76 bits per heavy atom. The van der Waals surface area contributed by atoms with E-state index in [0.717, 1.165) is 6.42 Å². The molecular weight excluding hydrogens is 266 g/mol. The third-order valence-electron chi connectivity index (χ3n) is 4.60. The molecule has 2 aromatic carbocycles. The van der Waals surface area contributed by atoms with Crippen LogP contribution in [0.5, 0.6) is 11.5 Å². The molecule has 1 saturated carbocycles. The van der Waals surface area contributed by atoms with Gasteiger partial charge < -0.3 is 15.5 Å². The van der Waals surface area contributed by atoms with Crippen molar-refractivity contribution in [2.24, 2.45) is 5.92 Å². The van der Waals surface area contributed by atoms with Crippen LogP contribution in [0, 0.1) is 5.92 Å². The Morgan fingerprint density at radius 1 is 1.10 bits per heavy atom. The van der Waals surface area contributed by atoms with Gasteiger partial charge in [-0.2, -0.15) is 0 Å². The average Bonchev–Trinajstić information content (AvgIpc) is 2.99. The van der Waals surface area contributed by atoms with E-state index in [0.29, 0.717) is 11.8 Å². The normalized spacial score (nSPS) is 25.0. The summed E-state index contributed by atoms with van der Waals surface area (Å²) >= 11 is 0. The van der Waals surface area contributed by atoms with Gasteiger partial charge in [0.25, 0.3) is 5.91 Å². The minimum atomic E-state index is -0.360. The van der Waals surface area contributed by atoms with Crippen LogP contribution in [0.4, 0.5) is 0 Å². The molecule has 3 N–H and O–H groups in total. The summed E-state index contributed by atoms with van der Waals surface area (Å²) in [5.41, 5.74) is 2.82. The van der Waals surface area contributed by atoms with Crippen LogP contribution in [0.25, 0.3) is 0 Å². The Bertz CT molecular complexity index is 741. The first kappa shape index (κ1) is 12.3. The maximum atomic E-state index is 12.2. The fraction of sp³-hybridized carbons (Fsp3) is 0.235. The smallest absolute Gasteiger partial charge is 0.255 e. The van der Waals surface area contributed by atoms with Gasteiger partial charge in [-0.15, -0.1) is 0 Å². The Kier molecular flexibility index (Phi) is 2.48. The van der Waals surface area contributed by atoms with Crippen LogP contribution in [-0.4, -0.2) is 22.2 Å². The number of phenolic OH excluding ortho intramolecular Hbond substituents is 2. The second-order valence-corrected chi connectivity index (χ2v) is 5.77. The molecule has 0 saturated heterocycles. The summed E-state index contributed by atoms with van der Waals surface area (Å²) in [4.78, 5) is 12.2. The van der Waals surface area contributed by atoms with Gasteiger partial charge in [0, 0.05) is 12.0 Å². The SMILES string of the molecule is O=C(N[C@@H]1[C@@H]2Cc3ccccc3[C@H]21)c1cccc(O)c1O. The zero-order valence-electron chi connectivity index (χ0n) is 11.3. The predicted molar refractivity (Wildman–Crippen MR) is 77.4 cm³/mol. The molecule has 4 nitrogen and oxygen atoms in total. The average molecular weight is 281 g/mol. The second-order valence-electron chi connectivity index (χ2n) is 5.77. The standard InChI is InChI=1S/C17H15NO3/c19-13-7-3-6-11(16(13)20)17(21)18-15-12-8-9-4-1-2-5-10(9)14(12)15/h1-7,12,14-15,19-20H,8H2,(H,18,21)/t12-,14-,15-/m1/s1. The molecule has 1 amide bonds. The van der Waals surface area contributed by atoms with Crippen molar-refractivity contribution >= 4 is 5.91 Å². The van der Waals surface area contributed by atoms with Gasteiger partial charge in [-0.1, -0.05) is 30.3 Å². The Labute approximate surface area is 122 Å². The van der Waals surface area contributed by atoms with Gasteiger partial charge in [-0.25, -0.2) is 0 Å². The highest BCUT2D eigenvalue weighted by molar-refractivity contribution is 5.98. The highest BCUT2D eigenvalue weighted by Gasteiger charge is 2.56. The van der Waals surface area contributed by atoms with E-state index >= 15 is 0 Å². The molecule has 0 aliphatic heterocycles. The molecule has 2 aromatic rings. The lowest BCUT2D eigenvalue weighted by Gasteiger charge is -2.10. The van der Waals surface area contributed by atoms with Crippen LogP contribution < -0.4 is 5.32 Å². The van der Waals surface area contributed by atoms with Crippen molar-refractivity contribution in [1.29, 1.82) is 0 Å². The largest absolute Gasteiger partial charge is 0.504 e. The number of fused-ring (bicyclic) bond motifs is 3. The third kappa shape index (κ3) is 1.79. The lowest BCUT2D eigenvalue weighted by Crippen LogP contribution is -2.28. The van der Waals surface area contributed by atoms with E-state index in [9.17, 15) is 15.0 Å². The van der Waals surface area contributed by atoms with E-state index in [1.807, 2.05) is 12.1 Å². The zero-order valence-corrected chi connectivity index (χ0v) is 11.3. The quantitative estimate of drug-likeness (QED) is 0.739. The summed E-state index contributed by atoms with van der Waals surface area (Å²) in [5.74, 6) is -0.110. The highest BCUT2D eigenvalue weighted by Crippen LogP contribution is 2.56. The first-order chi connectivity index (χ1) is 10.2. The van der Waals surface area contributed by atoms with Gasteiger partial charge in [-0.05, 0) is 35.6 Å². The van der Waals surface area contributed by atoms with Crippen molar-refractivity contribution < 1.29 is 15.0 Å². The van der Waals surface area contributed by atoms with Crippen molar-refractivity contribution in [2.75, 3.05) is 0 Å². The van der Waals surface area contributed by atoms with Crippen LogP contribution in [0.15, 0.2) is 42.5 Å². The molecule has 1 fully saturated rings. The fourth-order valence-electron chi connectivity index (χ4n) is 3.49. The Balaban J connectivity index is 1.52. The number of para-hydroxylation sites is 1. The number of phenols is 2. The number of aromatic hydroxyl groups is 2. The number of nitrogens with one attached hydrogen (secondary N) is 1. The molecule has 2 aliphatic rings. The number of benzene rings is 2. The highest BCUT2D eigenvalue weighted by atomic mass is 16.3. The molecule has 106 valence electrons. The lowest BCUT2D eigenvalue weighted by molar-refractivity contribution is 0.0944. The summed E-state index contributed by atoms with van der Waals surface area (Å²) < 4.78 is 0. The maximum absolute atomic E-state index is 12.2. The van der Waals surface area contributed by atoms with Gasteiger partial charge in [-0.3, -0.25) is 4.79 Å². The summed E-state index contributed by atoms with van der Waals surface area (Å²) in [5, 5.41) is 22.2. The minimum absolute atomic E-state index is 0.119. The minimum Gasteiger partial charge on any atom is -0.504 e. The van der Waals surface area contributed by atoms with Crippen molar-refractivity contribution in [2.45, 2.75) is 18.4 Å². The van der Waals surface area contributed by atoms with Crippen LogP contribution in [0.3, 0.4) is 0 Å². The van der Waals surface area contributed by atoms with Gasteiger partial charge in [0.2, 0.25) is 0 Å². The van der Waals surface area contributed by atoms with Gasteiger partial charge in [0.1, 0.15) is 0 Å². The van der Waals surface area contributed by atoms with Crippen LogP contribution >= 0.6 is 0 Å². The molecule has 0 heterocycles. The molecule has 21 heavy (non-hydrogen) atoms. The summed E-state index contributed by atoms with van der Waals surface area (Å²) in [6.45, 7) is 0. The van der Waals surface area contributed by atoms with E-state index in [-0.39, 0.29) is 29.0 Å². The molecule has 3 atom stereocenters. The molecular formula is C17H15NO3. The molecule has 4 heteroatoms. The third-order valence-corrected chi connectivity index (χ3v) is 4.60. The van der Waals surface area contributed by atoms with E-state index in [1.54, 1.807) is 6.07 Å².